The van der Waals surface area contributed by atoms with Gasteiger partial charge in [0.05, 0.1) is 9.79 Å². The van der Waals surface area contributed by atoms with E-state index < -0.39 is 15.7 Å². The third-order valence-corrected chi connectivity index (χ3v) is 5.14. The summed E-state index contributed by atoms with van der Waals surface area (Å²) in [6.07, 6.45) is 3.10. The molecule has 2 N–H and O–H groups in total. The van der Waals surface area contributed by atoms with Crippen molar-refractivity contribution in [2.45, 2.75) is 16.3 Å². The Morgan fingerprint density at radius 3 is 2.58 bits per heavy atom. The van der Waals surface area contributed by atoms with E-state index in [1.165, 1.54) is 24.4 Å². The second kappa shape index (κ2) is 7.94. The molecule has 2 heterocycles. The maximum absolute atomic E-state index is 13.4. The first kappa shape index (κ1) is 20.4. The van der Waals surface area contributed by atoms with Gasteiger partial charge in [-0.2, -0.15) is 0 Å². The van der Waals surface area contributed by atoms with Gasteiger partial charge in [-0.25, -0.2) is 17.8 Å². The van der Waals surface area contributed by atoms with Gasteiger partial charge in [-0.15, -0.1) is 24.8 Å². The van der Waals surface area contributed by atoms with Gasteiger partial charge in [0.25, 0.3) is 0 Å². The Bertz CT molecular complexity index is 945. The van der Waals surface area contributed by atoms with Gasteiger partial charge in [-0.05, 0) is 30.3 Å². The number of fused-ring (bicyclic) bond motifs is 1. The zero-order valence-corrected chi connectivity index (χ0v) is 14.9. The number of sulfone groups is 1. The van der Waals surface area contributed by atoms with Crippen LogP contribution in [0.15, 0.2) is 58.6 Å². The molecule has 0 aliphatic rings. The Hall–Kier alpha value is -1.67. The Kier molecular flexibility index (Phi) is 6.74. The largest absolute Gasteiger partial charge is 0.330 e. The summed E-state index contributed by atoms with van der Waals surface area (Å²) < 4.78 is 40.6. The maximum Gasteiger partial charge on any atom is 0.208 e. The number of hydrogen-bond acceptors (Lipinski definition) is 4. The minimum atomic E-state index is -3.83. The van der Waals surface area contributed by atoms with E-state index in [0.29, 0.717) is 24.1 Å². The lowest BCUT2D eigenvalue weighted by molar-refractivity contribution is 0.591. The van der Waals surface area contributed by atoms with Crippen LogP contribution in [0.1, 0.15) is 0 Å². The number of hydrogen-bond donors (Lipinski definition) is 1. The highest BCUT2D eigenvalue weighted by Crippen LogP contribution is 2.29. The first-order chi connectivity index (χ1) is 10.5. The van der Waals surface area contributed by atoms with Crippen LogP contribution >= 0.6 is 24.8 Å². The normalized spacial score (nSPS) is 10.9. The van der Waals surface area contributed by atoms with E-state index in [-0.39, 0.29) is 34.6 Å². The number of aromatic nitrogens is 2. The predicted octanol–water partition coefficient (Wildman–Crippen LogP) is 2.81. The van der Waals surface area contributed by atoms with E-state index in [1.807, 2.05) is 0 Å². The van der Waals surface area contributed by atoms with Gasteiger partial charge < -0.3 is 10.3 Å². The Morgan fingerprint density at radius 1 is 1.17 bits per heavy atom. The molecule has 2 aromatic heterocycles. The molecule has 0 saturated heterocycles. The third kappa shape index (κ3) is 3.54. The molecular formula is C15H16Cl2FN3O2S. The number of rotatable bonds is 4. The quantitative estimate of drug-likeness (QED) is 0.741. The minimum absolute atomic E-state index is 0. The van der Waals surface area contributed by atoms with Gasteiger partial charge in [-0.3, -0.25) is 0 Å². The van der Waals surface area contributed by atoms with E-state index in [0.717, 1.165) is 6.07 Å². The lowest BCUT2D eigenvalue weighted by Crippen LogP contribution is -2.09. The molecule has 0 fully saturated rings. The molecule has 3 aromatic rings. The minimum Gasteiger partial charge on any atom is -0.330 e. The average Bonchev–Trinajstić information content (AvgIpc) is 2.88. The molecule has 3 rings (SSSR count). The Balaban J connectivity index is 0.00000144. The summed E-state index contributed by atoms with van der Waals surface area (Å²) >= 11 is 0. The topological polar surface area (TPSA) is 78.0 Å². The van der Waals surface area contributed by atoms with Crippen LogP contribution in [-0.4, -0.2) is 24.5 Å². The highest BCUT2D eigenvalue weighted by molar-refractivity contribution is 7.91. The van der Waals surface area contributed by atoms with Crippen molar-refractivity contribution in [3.63, 3.8) is 0 Å². The number of halogens is 3. The monoisotopic (exact) mass is 391 g/mol. The molecule has 1 aromatic carbocycles. The second-order valence-corrected chi connectivity index (χ2v) is 6.73. The molecule has 0 atom stereocenters. The molecule has 0 spiro atoms. The zero-order chi connectivity index (χ0) is 15.7. The SMILES string of the molecule is Cl.Cl.NCCn1cc(S(=O)(=O)c2cccc(F)c2)c2cccnc21. The van der Waals surface area contributed by atoms with Crippen molar-refractivity contribution < 1.29 is 12.8 Å². The molecule has 130 valence electrons. The van der Waals surface area contributed by atoms with E-state index in [9.17, 15) is 12.8 Å². The van der Waals surface area contributed by atoms with Gasteiger partial charge >= 0.3 is 0 Å². The summed E-state index contributed by atoms with van der Waals surface area (Å²) in [5.74, 6) is -0.593. The Labute approximate surface area is 151 Å². The van der Waals surface area contributed by atoms with Crippen LogP contribution in [0.5, 0.6) is 0 Å². The summed E-state index contributed by atoms with van der Waals surface area (Å²) in [6.45, 7) is 0.811. The molecule has 5 nitrogen and oxygen atoms in total. The van der Waals surface area contributed by atoms with Crippen LogP contribution in [0.3, 0.4) is 0 Å². The van der Waals surface area contributed by atoms with Crippen LogP contribution in [0, 0.1) is 5.82 Å². The van der Waals surface area contributed by atoms with E-state index in [4.69, 9.17) is 5.73 Å². The lowest BCUT2D eigenvalue weighted by Gasteiger charge is -2.03. The van der Waals surface area contributed by atoms with Gasteiger partial charge in [0.1, 0.15) is 11.5 Å². The van der Waals surface area contributed by atoms with Crippen LogP contribution in [-0.2, 0) is 16.4 Å². The molecular weight excluding hydrogens is 376 g/mol. The first-order valence-corrected chi connectivity index (χ1v) is 8.17. The molecule has 0 unspecified atom stereocenters. The highest BCUT2D eigenvalue weighted by Gasteiger charge is 2.24. The van der Waals surface area contributed by atoms with Gasteiger partial charge in [0.15, 0.2) is 0 Å². The van der Waals surface area contributed by atoms with Gasteiger partial charge in [-0.1, -0.05) is 6.07 Å². The number of pyridine rings is 1. The number of nitrogens with two attached hydrogens (primary N) is 1. The fourth-order valence-corrected chi connectivity index (χ4v) is 3.87. The lowest BCUT2D eigenvalue weighted by atomic mass is 10.3. The molecule has 24 heavy (non-hydrogen) atoms. The molecule has 0 saturated carbocycles. The van der Waals surface area contributed by atoms with E-state index in [2.05, 4.69) is 4.98 Å². The van der Waals surface area contributed by atoms with Crippen molar-refractivity contribution in [2.24, 2.45) is 5.73 Å². The third-order valence-electron chi connectivity index (χ3n) is 3.36. The van der Waals surface area contributed by atoms with Crippen LogP contribution in [0.25, 0.3) is 11.0 Å². The highest BCUT2D eigenvalue weighted by atomic mass is 35.5. The van der Waals surface area contributed by atoms with E-state index in [1.54, 1.807) is 22.9 Å². The fourth-order valence-electron chi connectivity index (χ4n) is 2.38. The first-order valence-electron chi connectivity index (χ1n) is 6.68. The van der Waals surface area contributed by atoms with Crippen molar-refractivity contribution in [1.29, 1.82) is 0 Å². The van der Waals surface area contributed by atoms with E-state index >= 15 is 0 Å². The van der Waals surface area contributed by atoms with Crippen molar-refractivity contribution >= 4 is 45.7 Å². The van der Waals surface area contributed by atoms with Crippen molar-refractivity contribution in [2.75, 3.05) is 6.54 Å². The number of benzene rings is 1. The average molecular weight is 392 g/mol. The smallest absolute Gasteiger partial charge is 0.208 e. The van der Waals surface area contributed by atoms with Crippen molar-refractivity contribution in [3.8, 4) is 0 Å². The van der Waals surface area contributed by atoms with Crippen LogP contribution < -0.4 is 5.73 Å². The maximum atomic E-state index is 13.4. The van der Waals surface area contributed by atoms with Crippen molar-refractivity contribution in [1.82, 2.24) is 9.55 Å². The molecule has 0 amide bonds. The standard InChI is InChI=1S/C15H14FN3O2S.2ClH/c16-11-3-1-4-12(9-11)22(20,21)14-10-19(8-6-17)15-13(14)5-2-7-18-15;;/h1-5,7,9-10H,6,8,17H2;2*1H. The summed E-state index contributed by atoms with van der Waals surface area (Å²) in [4.78, 5) is 4.24. The molecule has 0 aliphatic heterocycles. The molecule has 0 bridgehead atoms. The van der Waals surface area contributed by atoms with Crippen molar-refractivity contribution in [3.05, 3.63) is 54.6 Å². The van der Waals surface area contributed by atoms with Crippen LogP contribution in [0.4, 0.5) is 4.39 Å². The fraction of sp³-hybridized carbons (Fsp3) is 0.133. The molecule has 9 heteroatoms. The Morgan fingerprint density at radius 2 is 1.92 bits per heavy atom. The van der Waals surface area contributed by atoms with Gasteiger partial charge in [0.2, 0.25) is 9.84 Å². The van der Waals surface area contributed by atoms with Crippen LogP contribution in [0.2, 0.25) is 0 Å². The second-order valence-electron chi connectivity index (χ2n) is 4.81. The summed E-state index contributed by atoms with van der Waals surface area (Å²) in [5.41, 5.74) is 6.10. The zero-order valence-electron chi connectivity index (χ0n) is 12.4. The molecule has 0 radical (unpaired) electrons. The number of nitrogens with zero attached hydrogens (tertiary/aromatic N) is 2. The molecule has 0 aliphatic carbocycles. The summed E-state index contributed by atoms with van der Waals surface area (Å²) in [5, 5.41) is 0.500. The predicted molar refractivity (Wildman–Crippen MR) is 95.1 cm³/mol. The summed E-state index contributed by atoms with van der Waals surface area (Å²) in [7, 11) is -3.83. The summed E-state index contributed by atoms with van der Waals surface area (Å²) in [6, 6.07) is 8.32. The van der Waals surface area contributed by atoms with Gasteiger partial charge in [0, 0.05) is 30.9 Å².